The third kappa shape index (κ3) is 4.22. The molecule has 0 spiro atoms. The van der Waals surface area contributed by atoms with E-state index < -0.39 is 0 Å². The zero-order valence-electron chi connectivity index (χ0n) is 21.6. The van der Waals surface area contributed by atoms with E-state index in [1.807, 2.05) is 89.8 Å². The van der Waals surface area contributed by atoms with Crippen LogP contribution in [0.2, 0.25) is 0 Å². The Morgan fingerprint density at radius 3 is 2.16 bits per heavy atom. The molecule has 6 rings (SSSR count). The third-order valence-electron chi connectivity index (χ3n) is 6.78. The highest BCUT2D eigenvalue weighted by molar-refractivity contribution is 5.94. The van der Waals surface area contributed by atoms with Crippen LogP contribution >= 0.6 is 0 Å². The first-order valence-electron chi connectivity index (χ1n) is 12.7. The number of aromatic hydroxyl groups is 1. The average Bonchev–Trinajstić information content (AvgIpc) is 3.33. The lowest BCUT2D eigenvalue weighted by atomic mass is 9.83. The average molecular weight is 497 g/mol. The SMILES string of the molecule is CC(C)(C)c1cc(-c2ccccn2)cc(-c2ccnc3c2nc(-c2ccccc2O)n3-c2ccccc2)c1. The van der Waals surface area contributed by atoms with Crippen LogP contribution in [0.15, 0.2) is 109 Å². The van der Waals surface area contributed by atoms with E-state index in [0.717, 1.165) is 39.2 Å². The molecule has 186 valence electrons. The second-order valence-electron chi connectivity index (χ2n) is 10.4. The lowest BCUT2D eigenvalue weighted by molar-refractivity contribution is 0.477. The molecular formula is C33H28N4O. The zero-order chi connectivity index (χ0) is 26.3. The van der Waals surface area contributed by atoms with Crippen LogP contribution in [0.5, 0.6) is 5.75 Å². The smallest absolute Gasteiger partial charge is 0.165 e. The maximum absolute atomic E-state index is 10.8. The van der Waals surface area contributed by atoms with Gasteiger partial charge in [0.1, 0.15) is 11.3 Å². The van der Waals surface area contributed by atoms with Crippen molar-refractivity contribution < 1.29 is 5.11 Å². The highest BCUT2D eigenvalue weighted by atomic mass is 16.3. The molecule has 0 saturated heterocycles. The molecule has 0 atom stereocenters. The number of aromatic nitrogens is 4. The summed E-state index contributed by atoms with van der Waals surface area (Å²) in [5.41, 5.74) is 8.24. The van der Waals surface area contributed by atoms with Gasteiger partial charge in [-0.25, -0.2) is 9.97 Å². The van der Waals surface area contributed by atoms with Crippen molar-refractivity contribution in [1.29, 1.82) is 0 Å². The van der Waals surface area contributed by atoms with Crippen LogP contribution in [0.25, 0.3) is 50.6 Å². The number of nitrogens with zero attached hydrogens (tertiary/aromatic N) is 4. The second kappa shape index (κ2) is 9.27. The van der Waals surface area contributed by atoms with E-state index in [9.17, 15) is 5.11 Å². The highest BCUT2D eigenvalue weighted by Gasteiger charge is 2.22. The number of fused-ring (bicyclic) bond motifs is 1. The Labute approximate surface area is 222 Å². The summed E-state index contributed by atoms with van der Waals surface area (Å²) in [5.74, 6) is 0.815. The van der Waals surface area contributed by atoms with E-state index in [1.54, 1.807) is 6.07 Å². The van der Waals surface area contributed by atoms with Crippen molar-refractivity contribution in [2.24, 2.45) is 0 Å². The monoisotopic (exact) mass is 496 g/mol. The summed E-state index contributed by atoms with van der Waals surface area (Å²) in [5, 5.41) is 10.8. The van der Waals surface area contributed by atoms with Gasteiger partial charge < -0.3 is 5.11 Å². The molecule has 0 radical (unpaired) electrons. The van der Waals surface area contributed by atoms with E-state index in [-0.39, 0.29) is 11.2 Å². The molecule has 0 aliphatic heterocycles. The molecule has 6 aromatic rings. The predicted molar refractivity (Wildman–Crippen MR) is 153 cm³/mol. The summed E-state index contributed by atoms with van der Waals surface area (Å²) < 4.78 is 2.02. The van der Waals surface area contributed by atoms with Gasteiger partial charge in [0.15, 0.2) is 11.5 Å². The molecular weight excluding hydrogens is 468 g/mol. The van der Waals surface area contributed by atoms with Crippen LogP contribution in [0.4, 0.5) is 0 Å². The zero-order valence-corrected chi connectivity index (χ0v) is 21.6. The fourth-order valence-electron chi connectivity index (χ4n) is 4.77. The van der Waals surface area contributed by atoms with Crippen LogP contribution in [-0.4, -0.2) is 24.6 Å². The van der Waals surface area contributed by atoms with Crippen LogP contribution in [0, 0.1) is 0 Å². The first kappa shape index (κ1) is 23.6. The van der Waals surface area contributed by atoms with Crippen molar-refractivity contribution in [3.63, 3.8) is 0 Å². The van der Waals surface area contributed by atoms with Crippen LogP contribution in [-0.2, 0) is 5.41 Å². The molecule has 0 saturated carbocycles. The van der Waals surface area contributed by atoms with Gasteiger partial charge in [-0.2, -0.15) is 0 Å². The van der Waals surface area contributed by atoms with Gasteiger partial charge >= 0.3 is 0 Å². The molecule has 38 heavy (non-hydrogen) atoms. The van der Waals surface area contributed by atoms with Gasteiger partial charge in [-0.05, 0) is 71.1 Å². The molecule has 0 bridgehead atoms. The first-order valence-corrected chi connectivity index (χ1v) is 12.7. The molecule has 0 fully saturated rings. The number of phenols is 1. The summed E-state index contributed by atoms with van der Waals surface area (Å²) in [6, 6.07) is 31.9. The molecule has 0 aliphatic rings. The molecule has 5 heteroatoms. The second-order valence-corrected chi connectivity index (χ2v) is 10.4. The van der Waals surface area contributed by atoms with Crippen LogP contribution < -0.4 is 0 Å². The molecule has 0 unspecified atom stereocenters. The molecule has 0 amide bonds. The Balaban J connectivity index is 1.65. The molecule has 1 N–H and O–H groups in total. The predicted octanol–water partition coefficient (Wildman–Crippen LogP) is 7.82. The number of rotatable bonds is 4. The number of benzene rings is 3. The van der Waals surface area contributed by atoms with Gasteiger partial charge in [0.05, 0.1) is 11.3 Å². The summed E-state index contributed by atoms with van der Waals surface area (Å²) in [6.07, 6.45) is 3.65. The van der Waals surface area contributed by atoms with Gasteiger partial charge in [-0.1, -0.05) is 63.2 Å². The van der Waals surface area contributed by atoms with Gasteiger partial charge in [0.25, 0.3) is 0 Å². The number of hydrogen-bond donors (Lipinski definition) is 1. The Hall–Kier alpha value is -4.77. The van der Waals surface area contributed by atoms with Crippen molar-refractivity contribution in [2.75, 3.05) is 0 Å². The number of hydrogen-bond acceptors (Lipinski definition) is 4. The fraction of sp³-hybridized carbons (Fsp3) is 0.121. The van der Waals surface area contributed by atoms with Crippen molar-refractivity contribution in [3.05, 3.63) is 115 Å². The van der Waals surface area contributed by atoms with E-state index in [1.165, 1.54) is 5.56 Å². The maximum Gasteiger partial charge on any atom is 0.165 e. The van der Waals surface area contributed by atoms with E-state index in [0.29, 0.717) is 11.4 Å². The Bertz CT molecular complexity index is 1750. The fourth-order valence-corrected chi connectivity index (χ4v) is 4.77. The quantitative estimate of drug-likeness (QED) is 0.270. The lowest BCUT2D eigenvalue weighted by Gasteiger charge is -2.21. The Kier molecular flexibility index (Phi) is 5.76. The van der Waals surface area contributed by atoms with Crippen molar-refractivity contribution in [1.82, 2.24) is 19.5 Å². The number of imidazole rings is 1. The molecule has 3 heterocycles. The minimum Gasteiger partial charge on any atom is -0.507 e. The summed E-state index contributed by atoms with van der Waals surface area (Å²) in [6.45, 7) is 6.66. The summed E-state index contributed by atoms with van der Waals surface area (Å²) >= 11 is 0. The van der Waals surface area contributed by atoms with E-state index in [2.05, 4.69) is 44.0 Å². The highest BCUT2D eigenvalue weighted by Crippen LogP contribution is 2.38. The van der Waals surface area contributed by atoms with E-state index >= 15 is 0 Å². The van der Waals surface area contributed by atoms with E-state index in [4.69, 9.17) is 9.97 Å². The van der Waals surface area contributed by atoms with Crippen molar-refractivity contribution in [3.8, 4) is 45.2 Å². The topological polar surface area (TPSA) is 63.8 Å². The van der Waals surface area contributed by atoms with Gasteiger partial charge in [-0.15, -0.1) is 0 Å². The van der Waals surface area contributed by atoms with Gasteiger partial charge in [0.2, 0.25) is 0 Å². The lowest BCUT2D eigenvalue weighted by Crippen LogP contribution is -2.11. The minimum absolute atomic E-state index is 0.0595. The largest absolute Gasteiger partial charge is 0.507 e. The molecule has 3 aromatic carbocycles. The Morgan fingerprint density at radius 2 is 1.42 bits per heavy atom. The van der Waals surface area contributed by atoms with Crippen molar-refractivity contribution in [2.45, 2.75) is 26.2 Å². The molecule has 3 aromatic heterocycles. The van der Waals surface area contributed by atoms with Crippen LogP contribution in [0.3, 0.4) is 0 Å². The Morgan fingerprint density at radius 1 is 0.684 bits per heavy atom. The molecule has 5 nitrogen and oxygen atoms in total. The van der Waals surface area contributed by atoms with Gasteiger partial charge in [0, 0.05) is 29.2 Å². The molecule has 0 aliphatic carbocycles. The number of phenolic OH excluding ortho intramolecular Hbond substituents is 1. The minimum atomic E-state index is -0.0595. The standard InChI is InChI=1S/C33H28N4O/c1-33(2,3)24-20-22(19-23(21-24)28-14-9-10-17-34-28)26-16-18-35-32-30(26)36-31(27-13-7-8-15-29(27)38)37(32)25-11-5-4-6-12-25/h4-21,38H,1-3H3. The third-order valence-corrected chi connectivity index (χ3v) is 6.78. The number of pyridine rings is 2. The maximum atomic E-state index is 10.8. The van der Waals surface area contributed by atoms with Crippen molar-refractivity contribution >= 4 is 11.2 Å². The summed E-state index contributed by atoms with van der Waals surface area (Å²) in [7, 11) is 0. The van der Waals surface area contributed by atoms with Crippen LogP contribution in [0.1, 0.15) is 26.3 Å². The summed E-state index contributed by atoms with van der Waals surface area (Å²) in [4.78, 5) is 14.5. The normalized spacial score (nSPS) is 11.7. The first-order chi connectivity index (χ1) is 18.4. The van der Waals surface area contributed by atoms with Gasteiger partial charge in [-0.3, -0.25) is 9.55 Å². The number of para-hydroxylation sites is 2.